The predicted octanol–water partition coefficient (Wildman–Crippen LogP) is 5.33. The number of nitrogens with zero attached hydrogens (tertiary/aromatic N) is 3. The van der Waals surface area contributed by atoms with Crippen molar-refractivity contribution in [3.05, 3.63) is 75.0 Å². The van der Waals surface area contributed by atoms with Gasteiger partial charge in [0.15, 0.2) is 0 Å². The van der Waals surface area contributed by atoms with Crippen molar-refractivity contribution >= 4 is 35.0 Å². The number of aromatic nitrogens is 2. The number of hydrogen-bond acceptors (Lipinski definition) is 4. The van der Waals surface area contributed by atoms with E-state index in [0.29, 0.717) is 53.9 Å². The van der Waals surface area contributed by atoms with Gasteiger partial charge in [-0.3, -0.25) is 14.7 Å². The second-order valence-electron chi connectivity index (χ2n) is 10.0. The Morgan fingerprint density at radius 3 is 2.53 bits per heavy atom. The van der Waals surface area contributed by atoms with Crippen molar-refractivity contribution in [3.8, 4) is 11.1 Å². The number of rotatable bonds is 3. The number of likely N-dealkylation sites (tertiary alicyclic amines) is 1. The van der Waals surface area contributed by atoms with Crippen molar-refractivity contribution < 1.29 is 14.3 Å². The number of carbonyl (C=O) groups excluding carboxylic acids is 2. The van der Waals surface area contributed by atoms with Crippen LogP contribution >= 0.6 is 23.2 Å². The Labute approximate surface area is 233 Å². The summed E-state index contributed by atoms with van der Waals surface area (Å²) in [6.45, 7) is 5.28. The highest BCUT2D eigenvalue weighted by molar-refractivity contribution is 6.36. The number of carbonyl (C=O) groups is 2. The summed E-state index contributed by atoms with van der Waals surface area (Å²) in [4.78, 5) is 28.1. The molecule has 1 unspecified atom stereocenters. The van der Waals surface area contributed by atoms with Gasteiger partial charge in [-0.15, -0.1) is 0 Å². The van der Waals surface area contributed by atoms with Crippen LogP contribution in [0.1, 0.15) is 46.4 Å². The zero-order valence-corrected chi connectivity index (χ0v) is 23.0. The van der Waals surface area contributed by atoms with Crippen molar-refractivity contribution in [2.24, 2.45) is 0 Å². The lowest BCUT2D eigenvalue weighted by atomic mass is 9.92. The highest BCUT2D eigenvalue weighted by atomic mass is 35.5. The van der Waals surface area contributed by atoms with Crippen LogP contribution in [0.25, 0.3) is 11.1 Å². The molecule has 1 N–H and O–H groups in total. The van der Waals surface area contributed by atoms with Gasteiger partial charge in [0.25, 0.3) is 5.91 Å². The molecule has 200 valence electrons. The van der Waals surface area contributed by atoms with Crippen LogP contribution in [0.4, 0.5) is 0 Å². The van der Waals surface area contributed by atoms with Gasteiger partial charge in [-0.05, 0) is 79.1 Å². The number of H-pyrrole nitrogens is 1. The van der Waals surface area contributed by atoms with Crippen LogP contribution in [-0.4, -0.2) is 70.7 Å². The van der Waals surface area contributed by atoms with Crippen LogP contribution in [-0.2, 0) is 22.4 Å². The van der Waals surface area contributed by atoms with Crippen LogP contribution in [0, 0.1) is 6.92 Å². The quantitative estimate of drug-likeness (QED) is 0.474. The van der Waals surface area contributed by atoms with Gasteiger partial charge in [-0.1, -0.05) is 35.3 Å². The standard InChI is InChI=1S/C18H17Cl2NO2.C11H15N3O/c1-12-16(19)10-15(11-17(12)20)13-3-2-4-14(9-13)18(22)21-5-7-23-8-6-21;15-11-2-1-5-14(11)9-3-4-10-8(6-9)7-12-13-10/h2-4,9-11H,5-8H2,1H3;7,9H,1-6H2,(H,12,13). The van der Waals surface area contributed by atoms with Gasteiger partial charge in [0.2, 0.25) is 5.91 Å². The summed E-state index contributed by atoms with van der Waals surface area (Å²) < 4.78 is 5.29. The van der Waals surface area contributed by atoms with Crippen LogP contribution in [0.2, 0.25) is 10.0 Å². The molecule has 2 aromatic carbocycles. The highest BCUT2D eigenvalue weighted by Gasteiger charge is 2.31. The van der Waals surface area contributed by atoms with Gasteiger partial charge >= 0.3 is 0 Å². The van der Waals surface area contributed by atoms with E-state index in [1.165, 1.54) is 11.3 Å². The second-order valence-corrected chi connectivity index (χ2v) is 10.8. The fourth-order valence-corrected chi connectivity index (χ4v) is 5.80. The first-order valence-electron chi connectivity index (χ1n) is 13.1. The van der Waals surface area contributed by atoms with E-state index in [1.54, 1.807) is 0 Å². The van der Waals surface area contributed by atoms with Crippen molar-refractivity contribution in [1.29, 1.82) is 0 Å². The average molecular weight is 556 g/mol. The van der Waals surface area contributed by atoms with E-state index in [4.69, 9.17) is 27.9 Å². The molecule has 1 atom stereocenters. The van der Waals surface area contributed by atoms with Crippen molar-refractivity contribution in [1.82, 2.24) is 20.0 Å². The third-order valence-electron chi connectivity index (χ3n) is 7.56. The number of ether oxygens (including phenoxy) is 1. The smallest absolute Gasteiger partial charge is 0.254 e. The molecule has 3 aliphatic rings. The Kier molecular flexibility index (Phi) is 8.36. The Morgan fingerprint density at radius 2 is 1.82 bits per heavy atom. The predicted molar refractivity (Wildman–Crippen MR) is 149 cm³/mol. The minimum atomic E-state index is 0.0273. The number of halogens is 2. The Balaban J connectivity index is 0.000000168. The molecule has 1 aliphatic carbocycles. The monoisotopic (exact) mass is 554 g/mol. The van der Waals surface area contributed by atoms with E-state index in [0.717, 1.165) is 55.3 Å². The fraction of sp³-hybridized carbons (Fsp3) is 0.414. The second kappa shape index (κ2) is 11.9. The topological polar surface area (TPSA) is 78.5 Å². The number of hydrogen-bond donors (Lipinski definition) is 1. The molecule has 2 aliphatic heterocycles. The van der Waals surface area contributed by atoms with Crippen LogP contribution in [0.3, 0.4) is 0 Å². The first-order valence-corrected chi connectivity index (χ1v) is 13.9. The molecular weight excluding hydrogens is 523 g/mol. The summed E-state index contributed by atoms with van der Waals surface area (Å²) in [5.41, 5.74) is 5.91. The van der Waals surface area contributed by atoms with Gasteiger partial charge in [0.1, 0.15) is 0 Å². The maximum Gasteiger partial charge on any atom is 0.254 e. The number of amides is 2. The zero-order valence-electron chi connectivity index (χ0n) is 21.5. The van der Waals surface area contributed by atoms with Crippen LogP contribution in [0.5, 0.6) is 0 Å². The molecule has 2 fully saturated rings. The zero-order chi connectivity index (χ0) is 26.6. The number of benzene rings is 2. The minimum Gasteiger partial charge on any atom is -0.378 e. The SMILES string of the molecule is Cc1c(Cl)cc(-c2cccc(C(=O)N3CCOCC3)c2)cc1Cl.O=C1CCCN1C1CCc2[nH]ncc2C1. The molecule has 0 bridgehead atoms. The molecule has 9 heteroatoms. The van der Waals surface area contributed by atoms with Crippen LogP contribution in [0.15, 0.2) is 42.6 Å². The summed E-state index contributed by atoms with van der Waals surface area (Å²) in [5, 5.41) is 8.33. The van der Waals surface area contributed by atoms with E-state index in [-0.39, 0.29) is 5.91 Å². The maximum atomic E-state index is 12.6. The molecular formula is C29H32Cl2N4O3. The molecule has 38 heavy (non-hydrogen) atoms. The lowest BCUT2D eigenvalue weighted by Gasteiger charge is -2.30. The summed E-state index contributed by atoms with van der Waals surface area (Å²) in [5.74, 6) is 0.367. The van der Waals surface area contributed by atoms with Gasteiger partial charge in [0, 0.05) is 53.4 Å². The van der Waals surface area contributed by atoms with E-state index in [1.807, 2.05) is 54.4 Å². The molecule has 2 amide bonds. The van der Waals surface area contributed by atoms with Crippen molar-refractivity contribution in [2.45, 2.75) is 45.1 Å². The number of aryl methyl sites for hydroxylation is 1. The molecule has 6 rings (SSSR count). The van der Waals surface area contributed by atoms with Gasteiger partial charge in [0.05, 0.1) is 19.4 Å². The third kappa shape index (κ3) is 5.90. The van der Waals surface area contributed by atoms with Crippen molar-refractivity contribution in [2.75, 3.05) is 32.8 Å². The summed E-state index contributed by atoms with van der Waals surface area (Å²) in [6, 6.07) is 11.7. The first kappa shape index (κ1) is 26.7. The largest absolute Gasteiger partial charge is 0.378 e. The Hall–Kier alpha value is -2.87. The molecule has 3 aromatic rings. The van der Waals surface area contributed by atoms with Crippen LogP contribution < -0.4 is 0 Å². The Bertz CT molecular complexity index is 1300. The molecule has 0 saturated carbocycles. The maximum absolute atomic E-state index is 12.6. The normalized spacial score (nSPS) is 19.1. The lowest BCUT2D eigenvalue weighted by Crippen LogP contribution is -2.40. The number of aromatic amines is 1. The number of fused-ring (bicyclic) bond motifs is 1. The van der Waals surface area contributed by atoms with Crippen molar-refractivity contribution in [3.63, 3.8) is 0 Å². The van der Waals surface area contributed by atoms with E-state index in [9.17, 15) is 9.59 Å². The number of nitrogens with one attached hydrogen (secondary N) is 1. The molecule has 1 aromatic heterocycles. The van der Waals surface area contributed by atoms with Gasteiger partial charge in [-0.25, -0.2) is 0 Å². The first-order chi connectivity index (χ1) is 18.4. The highest BCUT2D eigenvalue weighted by Crippen LogP contribution is 2.31. The van der Waals surface area contributed by atoms with Gasteiger partial charge in [-0.2, -0.15) is 5.10 Å². The lowest BCUT2D eigenvalue weighted by molar-refractivity contribution is -0.129. The minimum absolute atomic E-state index is 0.0273. The van der Waals surface area contributed by atoms with Gasteiger partial charge < -0.3 is 14.5 Å². The summed E-state index contributed by atoms with van der Waals surface area (Å²) >= 11 is 12.4. The fourth-order valence-electron chi connectivity index (χ4n) is 5.31. The molecule has 0 spiro atoms. The van der Waals surface area contributed by atoms with E-state index >= 15 is 0 Å². The third-order valence-corrected chi connectivity index (χ3v) is 8.35. The van der Waals surface area contributed by atoms with E-state index in [2.05, 4.69) is 15.1 Å². The molecule has 3 heterocycles. The molecule has 2 saturated heterocycles. The molecule has 7 nitrogen and oxygen atoms in total. The summed E-state index contributed by atoms with van der Waals surface area (Å²) in [6.07, 6.45) is 6.78. The molecule has 0 radical (unpaired) electrons. The van der Waals surface area contributed by atoms with E-state index < -0.39 is 0 Å². The number of morpholine rings is 1. The summed E-state index contributed by atoms with van der Waals surface area (Å²) in [7, 11) is 0. The average Bonchev–Trinajstić information content (AvgIpc) is 3.60. The Morgan fingerprint density at radius 1 is 1.05 bits per heavy atom.